The largest absolute Gasteiger partial charge is 0.333 e. The standard InChI is InChI=1S/C31H41N5O2/c1-4-15-35-24-28(21-32-35)31(38)34-19-18-33(22-25(2)3)16-10-17-36(29-14-9-8-13-27(29)23-34)30(37)20-26-11-6-5-7-12-26/h5-9,11-14,21,24-25H,4,10,15-20,22-23H2,1-3H3. The first-order valence-electron chi connectivity index (χ1n) is 13.9. The lowest BCUT2D eigenvalue weighted by Gasteiger charge is -2.28. The Morgan fingerprint density at radius 1 is 0.947 bits per heavy atom. The second-order valence-electron chi connectivity index (χ2n) is 10.6. The number of rotatable bonds is 7. The first-order valence-corrected chi connectivity index (χ1v) is 13.9. The zero-order valence-corrected chi connectivity index (χ0v) is 23.1. The van der Waals surface area contributed by atoms with E-state index in [0.717, 1.165) is 55.8 Å². The average Bonchev–Trinajstić information content (AvgIpc) is 3.36. The number of carbonyl (C=O) groups excluding carboxylic acids is 2. The summed E-state index contributed by atoms with van der Waals surface area (Å²) < 4.78 is 1.84. The third-order valence-electron chi connectivity index (χ3n) is 6.93. The summed E-state index contributed by atoms with van der Waals surface area (Å²) >= 11 is 0. The highest BCUT2D eigenvalue weighted by Crippen LogP contribution is 2.25. The van der Waals surface area contributed by atoms with Crippen molar-refractivity contribution in [2.75, 3.05) is 37.6 Å². The van der Waals surface area contributed by atoms with Crippen molar-refractivity contribution in [1.82, 2.24) is 19.6 Å². The fourth-order valence-electron chi connectivity index (χ4n) is 5.14. The summed E-state index contributed by atoms with van der Waals surface area (Å²) in [6.45, 7) is 11.7. The molecule has 1 aliphatic heterocycles. The lowest BCUT2D eigenvalue weighted by Crippen LogP contribution is -2.40. The van der Waals surface area contributed by atoms with Gasteiger partial charge in [0.1, 0.15) is 0 Å². The Morgan fingerprint density at radius 3 is 2.47 bits per heavy atom. The molecule has 0 aliphatic carbocycles. The number of anilines is 1. The van der Waals surface area contributed by atoms with Crippen LogP contribution in [0, 0.1) is 5.92 Å². The molecule has 7 heteroatoms. The van der Waals surface area contributed by atoms with Gasteiger partial charge < -0.3 is 14.7 Å². The molecule has 38 heavy (non-hydrogen) atoms. The van der Waals surface area contributed by atoms with Gasteiger partial charge in [-0.15, -0.1) is 0 Å². The first-order chi connectivity index (χ1) is 18.4. The zero-order chi connectivity index (χ0) is 26.9. The minimum atomic E-state index is -0.0203. The Labute approximate surface area is 227 Å². The van der Waals surface area contributed by atoms with E-state index in [0.29, 0.717) is 37.5 Å². The number of nitrogens with zero attached hydrogens (tertiary/aromatic N) is 5. The molecule has 0 N–H and O–H groups in total. The molecule has 202 valence electrons. The Bertz CT molecular complexity index is 1190. The molecule has 0 bridgehead atoms. The number of carbonyl (C=O) groups is 2. The molecule has 2 aromatic carbocycles. The van der Waals surface area contributed by atoms with E-state index in [1.165, 1.54) is 0 Å². The van der Waals surface area contributed by atoms with Gasteiger partial charge in [0.2, 0.25) is 5.91 Å². The lowest BCUT2D eigenvalue weighted by atomic mass is 10.1. The second-order valence-corrected chi connectivity index (χ2v) is 10.6. The fraction of sp³-hybridized carbons (Fsp3) is 0.452. The third kappa shape index (κ3) is 7.32. The number of aromatic nitrogens is 2. The highest BCUT2D eigenvalue weighted by atomic mass is 16.2. The molecule has 3 aromatic rings. The maximum Gasteiger partial charge on any atom is 0.257 e. The molecule has 4 rings (SSSR count). The number of hydrogen-bond acceptors (Lipinski definition) is 4. The summed E-state index contributed by atoms with van der Waals surface area (Å²) in [6, 6.07) is 17.9. The lowest BCUT2D eigenvalue weighted by molar-refractivity contribution is -0.118. The Kier molecular flexibility index (Phi) is 9.71. The van der Waals surface area contributed by atoms with Crippen LogP contribution in [0.4, 0.5) is 5.69 Å². The van der Waals surface area contributed by atoms with Gasteiger partial charge in [-0.05, 0) is 42.5 Å². The molecule has 0 saturated heterocycles. The minimum Gasteiger partial charge on any atom is -0.333 e. The summed E-state index contributed by atoms with van der Waals surface area (Å²) in [5.41, 5.74) is 3.50. The van der Waals surface area contributed by atoms with E-state index in [1.807, 2.05) is 75.3 Å². The number of benzene rings is 2. The van der Waals surface area contributed by atoms with Gasteiger partial charge in [0.25, 0.3) is 5.91 Å². The molecule has 0 spiro atoms. The van der Waals surface area contributed by atoms with Crippen molar-refractivity contribution >= 4 is 17.5 Å². The summed E-state index contributed by atoms with van der Waals surface area (Å²) in [6.07, 6.45) is 5.72. The smallest absolute Gasteiger partial charge is 0.257 e. The molecule has 1 aliphatic rings. The number of para-hydroxylation sites is 1. The van der Waals surface area contributed by atoms with Gasteiger partial charge >= 0.3 is 0 Å². The monoisotopic (exact) mass is 515 g/mol. The number of hydrogen-bond donors (Lipinski definition) is 0. The number of aryl methyl sites for hydroxylation is 1. The van der Waals surface area contributed by atoms with Crippen LogP contribution in [0.15, 0.2) is 67.0 Å². The predicted octanol–water partition coefficient (Wildman–Crippen LogP) is 4.87. The van der Waals surface area contributed by atoms with Crippen LogP contribution in [-0.4, -0.2) is 64.1 Å². The summed E-state index contributed by atoms with van der Waals surface area (Å²) in [5.74, 6) is 0.578. The average molecular weight is 516 g/mol. The van der Waals surface area contributed by atoms with E-state index in [1.54, 1.807) is 6.20 Å². The van der Waals surface area contributed by atoms with E-state index in [4.69, 9.17) is 0 Å². The van der Waals surface area contributed by atoms with Crippen LogP contribution in [0.1, 0.15) is 55.1 Å². The van der Waals surface area contributed by atoms with Gasteiger partial charge in [-0.3, -0.25) is 14.3 Å². The summed E-state index contributed by atoms with van der Waals surface area (Å²) in [5, 5.41) is 4.39. The second kappa shape index (κ2) is 13.4. The molecule has 0 fully saturated rings. The van der Waals surface area contributed by atoms with Crippen molar-refractivity contribution in [2.45, 2.75) is 53.1 Å². The molecule has 1 aromatic heterocycles. The molecular formula is C31H41N5O2. The van der Waals surface area contributed by atoms with Crippen LogP contribution < -0.4 is 4.90 Å². The molecule has 0 atom stereocenters. The molecule has 7 nitrogen and oxygen atoms in total. The van der Waals surface area contributed by atoms with E-state index in [9.17, 15) is 9.59 Å². The maximum atomic E-state index is 13.7. The fourth-order valence-corrected chi connectivity index (χ4v) is 5.14. The Balaban J connectivity index is 1.65. The van der Waals surface area contributed by atoms with E-state index in [2.05, 4.69) is 30.8 Å². The SMILES string of the molecule is CCCn1cc(C(=O)N2CCN(CC(C)C)CCCN(C(=O)Cc3ccccc3)c3ccccc3C2)cn1. The van der Waals surface area contributed by atoms with Gasteiger partial charge in [0.05, 0.1) is 18.2 Å². The molecular weight excluding hydrogens is 474 g/mol. The zero-order valence-electron chi connectivity index (χ0n) is 23.1. The maximum absolute atomic E-state index is 13.7. The third-order valence-corrected chi connectivity index (χ3v) is 6.93. The Morgan fingerprint density at radius 2 is 1.71 bits per heavy atom. The van der Waals surface area contributed by atoms with E-state index in [-0.39, 0.29) is 11.8 Å². The topological polar surface area (TPSA) is 61.7 Å². The van der Waals surface area contributed by atoms with Crippen molar-refractivity contribution in [3.05, 3.63) is 83.7 Å². The van der Waals surface area contributed by atoms with Crippen molar-refractivity contribution in [1.29, 1.82) is 0 Å². The van der Waals surface area contributed by atoms with E-state index < -0.39 is 0 Å². The highest BCUT2D eigenvalue weighted by Gasteiger charge is 2.25. The minimum absolute atomic E-state index is 0.0203. The van der Waals surface area contributed by atoms with Crippen molar-refractivity contribution in [3.8, 4) is 0 Å². The Hall–Kier alpha value is -3.45. The molecule has 0 radical (unpaired) electrons. The van der Waals surface area contributed by atoms with Gasteiger partial charge in [0.15, 0.2) is 0 Å². The molecule has 2 heterocycles. The molecule has 0 unspecified atom stereocenters. The van der Waals surface area contributed by atoms with Crippen molar-refractivity contribution in [2.24, 2.45) is 5.92 Å². The van der Waals surface area contributed by atoms with Crippen LogP contribution in [0.5, 0.6) is 0 Å². The number of fused-ring (bicyclic) bond motifs is 1. The summed E-state index contributed by atoms with van der Waals surface area (Å²) in [4.78, 5) is 33.7. The van der Waals surface area contributed by atoms with Crippen LogP contribution in [0.3, 0.4) is 0 Å². The van der Waals surface area contributed by atoms with E-state index >= 15 is 0 Å². The first kappa shape index (κ1) is 27.6. The van der Waals surface area contributed by atoms with Gasteiger partial charge in [-0.1, -0.05) is 69.3 Å². The van der Waals surface area contributed by atoms with Crippen LogP contribution >= 0.6 is 0 Å². The van der Waals surface area contributed by atoms with Gasteiger partial charge in [-0.25, -0.2) is 0 Å². The summed E-state index contributed by atoms with van der Waals surface area (Å²) in [7, 11) is 0. The van der Waals surface area contributed by atoms with Crippen molar-refractivity contribution < 1.29 is 9.59 Å². The predicted molar refractivity (Wildman–Crippen MR) is 152 cm³/mol. The van der Waals surface area contributed by atoms with Gasteiger partial charge in [-0.2, -0.15) is 5.10 Å². The molecule has 0 saturated carbocycles. The van der Waals surface area contributed by atoms with Gasteiger partial charge in [0, 0.05) is 51.2 Å². The number of amides is 2. The molecule has 2 amide bonds. The quantitative estimate of drug-likeness (QED) is 0.450. The van der Waals surface area contributed by atoms with Crippen LogP contribution in [-0.2, 0) is 24.3 Å². The van der Waals surface area contributed by atoms with Crippen LogP contribution in [0.2, 0.25) is 0 Å². The highest BCUT2D eigenvalue weighted by molar-refractivity contribution is 5.96. The van der Waals surface area contributed by atoms with Crippen LogP contribution in [0.25, 0.3) is 0 Å². The normalized spacial score (nSPS) is 15.3. The van der Waals surface area contributed by atoms with Crippen molar-refractivity contribution in [3.63, 3.8) is 0 Å².